The SMILES string of the molecule is NCC(Cc1ccncn1)C(=O)N1CCOCC1. The Labute approximate surface area is 106 Å². The number of nitrogens with two attached hydrogens (primary N) is 1. The van der Waals surface area contributed by atoms with Crippen LogP contribution in [0.1, 0.15) is 5.69 Å². The molecule has 2 N–H and O–H groups in total. The van der Waals surface area contributed by atoms with Crippen LogP contribution in [0.2, 0.25) is 0 Å². The third-order valence-electron chi connectivity index (χ3n) is 3.06. The summed E-state index contributed by atoms with van der Waals surface area (Å²) in [6.07, 6.45) is 3.73. The zero-order valence-electron chi connectivity index (χ0n) is 10.3. The fourth-order valence-corrected chi connectivity index (χ4v) is 2.00. The molecule has 1 unspecified atom stereocenters. The van der Waals surface area contributed by atoms with Gasteiger partial charge in [0.05, 0.1) is 19.1 Å². The molecule has 0 bridgehead atoms. The molecule has 1 fully saturated rings. The van der Waals surface area contributed by atoms with Crippen molar-refractivity contribution >= 4 is 5.91 Å². The normalized spacial score (nSPS) is 17.5. The van der Waals surface area contributed by atoms with Crippen LogP contribution in [0, 0.1) is 5.92 Å². The molecule has 1 aliphatic heterocycles. The van der Waals surface area contributed by atoms with Gasteiger partial charge in [0.25, 0.3) is 0 Å². The number of carbonyl (C=O) groups excluding carboxylic acids is 1. The molecule has 6 heteroatoms. The number of hydrogen-bond donors (Lipinski definition) is 1. The minimum atomic E-state index is -0.210. The zero-order chi connectivity index (χ0) is 12.8. The van der Waals surface area contributed by atoms with E-state index in [-0.39, 0.29) is 11.8 Å². The highest BCUT2D eigenvalue weighted by molar-refractivity contribution is 5.79. The number of morpholine rings is 1. The molecule has 2 heterocycles. The Hall–Kier alpha value is -1.53. The molecule has 1 atom stereocenters. The predicted molar refractivity (Wildman–Crippen MR) is 65.7 cm³/mol. The number of carbonyl (C=O) groups is 1. The van der Waals surface area contributed by atoms with Crippen molar-refractivity contribution in [2.24, 2.45) is 11.7 Å². The van der Waals surface area contributed by atoms with E-state index in [1.165, 1.54) is 6.33 Å². The van der Waals surface area contributed by atoms with Crippen molar-refractivity contribution in [3.05, 3.63) is 24.3 Å². The van der Waals surface area contributed by atoms with Crippen molar-refractivity contribution in [2.45, 2.75) is 6.42 Å². The maximum atomic E-state index is 12.3. The lowest BCUT2D eigenvalue weighted by molar-refractivity contribution is -0.139. The second-order valence-electron chi connectivity index (χ2n) is 4.28. The molecule has 1 aliphatic rings. The summed E-state index contributed by atoms with van der Waals surface area (Å²) in [6, 6.07) is 1.81. The molecular formula is C12H18N4O2. The molecule has 0 spiro atoms. The summed E-state index contributed by atoms with van der Waals surface area (Å²) in [7, 11) is 0. The summed E-state index contributed by atoms with van der Waals surface area (Å²) in [5.74, 6) is -0.114. The fraction of sp³-hybridized carbons (Fsp3) is 0.583. The highest BCUT2D eigenvalue weighted by atomic mass is 16.5. The largest absolute Gasteiger partial charge is 0.378 e. The van der Waals surface area contributed by atoms with Crippen LogP contribution in [0.3, 0.4) is 0 Å². The highest BCUT2D eigenvalue weighted by Crippen LogP contribution is 2.10. The average Bonchev–Trinajstić information content (AvgIpc) is 2.46. The number of aromatic nitrogens is 2. The van der Waals surface area contributed by atoms with E-state index in [0.717, 1.165) is 5.69 Å². The third-order valence-corrected chi connectivity index (χ3v) is 3.06. The van der Waals surface area contributed by atoms with Crippen LogP contribution in [-0.4, -0.2) is 53.6 Å². The minimum absolute atomic E-state index is 0.0967. The molecule has 6 nitrogen and oxygen atoms in total. The summed E-state index contributed by atoms with van der Waals surface area (Å²) < 4.78 is 5.24. The molecule has 98 valence electrons. The molecule has 0 aliphatic carbocycles. The van der Waals surface area contributed by atoms with Gasteiger partial charge in [0.2, 0.25) is 5.91 Å². The molecular weight excluding hydrogens is 232 g/mol. The van der Waals surface area contributed by atoms with Crippen LogP contribution in [0.4, 0.5) is 0 Å². The number of rotatable bonds is 4. The van der Waals surface area contributed by atoms with Crippen molar-refractivity contribution in [1.29, 1.82) is 0 Å². The third kappa shape index (κ3) is 3.24. The molecule has 1 aromatic heterocycles. The van der Waals surface area contributed by atoms with Crippen molar-refractivity contribution in [2.75, 3.05) is 32.8 Å². The van der Waals surface area contributed by atoms with Gasteiger partial charge in [-0.1, -0.05) is 0 Å². The number of amides is 1. The Bertz CT molecular complexity index is 379. The van der Waals surface area contributed by atoms with Crippen LogP contribution in [-0.2, 0) is 16.0 Å². The summed E-state index contributed by atoms with van der Waals surface area (Å²) in [6.45, 7) is 2.85. The first-order valence-corrected chi connectivity index (χ1v) is 6.12. The molecule has 1 amide bonds. The number of hydrogen-bond acceptors (Lipinski definition) is 5. The molecule has 18 heavy (non-hydrogen) atoms. The van der Waals surface area contributed by atoms with Crippen molar-refractivity contribution in [3.63, 3.8) is 0 Å². The average molecular weight is 250 g/mol. The number of nitrogens with zero attached hydrogens (tertiary/aromatic N) is 3. The van der Waals surface area contributed by atoms with Crippen LogP contribution in [0.25, 0.3) is 0 Å². The Morgan fingerprint density at radius 3 is 2.89 bits per heavy atom. The molecule has 0 saturated carbocycles. The van der Waals surface area contributed by atoms with Crippen LogP contribution in [0.15, 0.2) is 18.6 Å². The van der Waals surface area contributed by atoms with Crippen molar-refractivity contribution in [1.82, 2.24) is 14.9 Å². The lowest BCUT2D eigenvalue weighted by atomic mass is 10.0. The topological polar surface area (TPSA) is 81.3 Å². The van der Waals surface area contributed by atoms with Gasteiger partial charge in [0.1, 0.15) is 6.33 Å². The lowest BCUT2D eigenvalue weighted by Gasteiger charge is -2.30. The summed E-state index contributed by atoms with van der Waals surface area (Å²) in [5.41, 5.74) is 6.56. The molecule has 0 radical (unpaired) electrons. The molecule has 1 saturated heterocycles. The van der Waals surface area contributed by atoms with E-state index in [1.54, 1.807) is 6.20 Å². The van der Waals surface area contributed by atoms with Gasteiger partial charge in [0.15, 0.2) is 0 Å². The van der Waals surface area contributed by atoms with E-state index < -0.39 is 0 Å². The second kappa shape index (κ2) is 6.42. The van der Waals surface area contributed by atoms with E-state index in [2.05, 4.69) is 9.97 Å². The maximum Gasteiger partial charge on any atom is 0.227 e. The van der Waals surface area contributed by atoms with Gasteiger partial charge in [-0.05, 0) is 6.07 Å². The van der Waals surface area contributed by atoms with E-state index in [0.29, 0.717) is 39.3 Å². The monoisotopic (exact) mass is 250 g/mol. The van der Waals surface area contributed by atoms with Crippen LogP contribution >= 0.6 is 0 Å². The summed E-state index contributed by atoms with van der Waals surface area (Å²) >= 11 is 0. The van der Waals surface area contributed by atoms with Crippen molar-refractivity contribution < 1.29 is 9.53 Å². The lowest BCUT2D eigenvalue weighted by Crippen LogP contribution is -2.46. The van der Waals surface area contributed by atoms with Crippen LogP contribution < -0.4 is 5.73 Å². The first-order chi connectivity index (χ1) is 8.81. The summed E-state index contributed by atoms with van der Waals surface area (Å²) in [5, 5.41) is 0. The molecule has 1 aromatic rings. The van der Waals surface area contributed by atoms with Crippen molar-refractivity contribution in [3.8, 4) is 0 Å². The first-order valence-electron chi connectivity index (χ1n) is 6.12. The van der Waals surface area contributed by atoms with Gasteiger partial charge < -0.3 is 15.4 Å². The predicted octanol–water partition coefficient (Wildman–Crippen LogP) is -0.547. The fourth-order valence-electron chi connectivity index (χ4n) is 2.00. The quantitative estimate of drug-likeness (QED) is 0.775. The summed E-state index contributed by atoms with van der Waals surface area (Å²) in [4.78, 5) is 22.1. The maximum absolute atomic E-state index is 12.3. The minimum Gasteiger partial charge on any atom is -0.378 e. The van der Waals surface area contributed by atoms with E-state index >= 15 is 0 Å². The number of ether oxygens (including phenoxy) is 1. The van der Waals surface area contributed by atoms with Gasteiger partial charge in [-0.15, -0.1) is 0 Å². The molecule has 2 rings (SSSR count). The Morgan fingerprint density at radius 2 is 2.28 bits per heavy atom. The highest BCUT2D eigenvalue weighted by Gasteiger charge is 2.25. The van der Waals surface area contributed by atoms with E-state index in [9.17, 15) is 4.79 Å². The Balaban J connectivity index is 1.97. The van der Waals surface area contributed by atoms with Gasteiger partial charge in [0, 0.05) is 37.9 Å². The Kier molecular flexibility index (Phi) is 4.60. The van der Waals surface area contributed by atoms with E-state index in [1.807, 2.05) is 11.0 Å². The van der Waals surface area contributed by atoms with Gasteiger partial charge in [-0.25, -0.2) is 9.97 Å². The van der Waals surface area contributed by atoms with E-state index in [4.69, 9.17) is 10.5 Å². The standard InChI is InChI=1S/C12H18N4O2/c13-8-10(7-11-1-2-14-9-15-11)12(17)16-3-5-18-6-4-16/h1-2,9-10H,3-8,13H2. The smallest absolute Gasteiger partial charge is 0.227 e. The van der Waals surface area contributed by atoms with Gasteiger partial charge in [-0.3, -0.25) is 4.79 Å². The first kappa shape index (κ1) is 12.9. The second-order valence-corrected chi connectivity index (χ2v) is 4.28. The van der Waals surface area contributed by atoms with Gasteiger partial charge in [-0.2, -0.15) is 0 Å². The molecule has 0 aromatic carbocycles. The Morgan fingerprint density at radius 1 is 1.50 bits per heavy atom. The zero-order valence-corrected chi connectivity index (χ0v) is 10.3. The van der Waals surface area contributed by atoms with Crippen LogP contribution in [0.5, 0.6) is 0 Å². The van der Waals surface area contributed by atoms with Gasteiger partial charge >= 0.3 is 0 Å².